The van der Waals surface area contributed by atoms with E-state index in [0.29, 0.717) is 40.2 Å². The minimum atomic E-state index is -0.677. The van der Waals surface area contributed by atoms with Gasteiger partial charge in [0.05, 0.1) is 38.1 Å². The van der Waals surface area contributed by atoms with Gasteiger partial charge in [0.2, 0.25) is 11.8 Å². The topological polar surface area (TPSA) is 107 Å². The van der Waals surface area contributed by atoms with Crippen LogP contribution in [0.3, 0.4) is 0 Å². The van der Waals surface area contributed by atoms with E-state index in [9.17, 15) is 14.4 Å². The summed E-state index contributed by atoms with van der Waals surface area (Å²) < 4.78 is 15.7. The number of amidine groups is 1. The number of carbonyl (C=O) groups is 3. The molecule has 1 heterocycles. The molecule has 2 amide bonds. The Morgan fingerprint density at radius 2 is 1.62 bits per heavy atom. The summed E-state index contributed by atoms with van der Waals surface area (Å²) in [5.74, 6) is 0.487. The first-order valence-corrected chi connectivity index (χ1v) is 13.8. The molecular formula is C30H31N3O6S. The lowest BCUT2D eigenvalue weighted by Gasteiger charge is -2.32. The molecule has 1 saturated heterocycles. The van der Waals surface area contributed by atoms with E-state index in [0.717, 1.165) is 5.56 Å². The van der Waals surface area contributed by atoms with Crippen molar-refractivity contribution in [2.45, 2.75) is 32.1 Å². The molecule has 0 saturated carbocycles. The van der Waals surface area contributed by atoms with Crippen molar-refractivity contribution in [2.24, 2.45) is 4.99 Å². The third-order valence-electron chi connectivity index (χ3n) is 5.97. The van der Waals surface area contributed by atoms with Crippen LogP contribution in [0, 0.1) is 0 Å². The number of carbonyl (C=O) groups excluding carboxylic acids is 3. The quantitative estimate of drug-likeness (QED) is 0.329. The first kappa shape index (κ1) is 28.7. The van der Waals surface area contributed by atoms with Gasteiger partial charge in [-0.1, -0.05) is 23.9 Å². The second-order valence-electron chi connectivity index (χ2n) is 8.75. The number of benzene rings is 3. The Labute approximate surface area is 237 Å². The molecule has 0 bridgehead atoms. The number of nitrogens with one attached hydrogen (secondary N) is 1. The van der Waals surface area contributed by atoms with E-state index in [2.05, 4.69) is 5.32 Å². The molecule has 0 spiro atoms. The number of rotatable bonds is 10. The van der Waals surface area contributed by atoms with Gasteiger partial charge < -0.3 is 19.5 Å². The predicted octanol–water partition coefficient (Wildman–Crippen LogP) is 5.43. The summed E-state index contributed by atoms with van der Waals surface area (Å²) in [7, 11) is 1.59. The fraction of sp³-hybridized carbons (Fsp3) is 0.267. The van der Waals surface area contributed by atoms with Crippen molar-refractivity contribution >= 4 is 46.1 Å². The molecule has 0 aliphatic carbocycles. The molecule has 3 aromatic rings. The Balaban J connectivity index is 1.56. The summed E-state index contributed by atoms with van der Waals surface area (Å²) in [5.41, 5.74) is 2.43. The Bertz CT molecular complexity index is 1360. The number of thioether (sulfide) groups is 1. The maximum Gasteiger partial charge on any atom is 0.338 e. The Kier molecular flexibility index (Phi) is 9.80. The molecule has 1 fully saturated rings. The molecule has 4 rings (SSSR count). The minimum absolute atomic E-state index is 0.0184. The van der Waals surface area contributed by atoms with E-state index >= 15 is 0 Å². The number of amides is 2. The number of hydrogen-bond acceptors (Lipinski definition) is 8. The van der Waals surface area contributed by atoms with Crippen LogP contribution < -0.4 is 14.8 Å². The van der Waals surface area contributed by atoms with Gasteiger partial charge in [-0.2, -0.15) is 0 Å². The largest absolute Gasteiger partial charge is 0.497 e. The zero-order chi connectivity index (χ0) is 28.5. The summed E-state index contributed by atoms with van der Waals surface area (Å²) in [4.78, 5) is 44.9. The standard InChI is InChI=1S/C30H31N3O6S/c1-4-38-25-16-12-22(13-17-25)31-28(35)26-18-27(34)33(19-20-6-14-24(37-3)15-7-20)30(40-26)32-23-10-8-21(9-11-23)29(36)39-5-2/h6-17,26H,4-5,18-19H2,1-3H3,(H,31,35)/t26-/m0/s1. The maximum atomic E-state index is 13.4. The summed E-state index contributed by atoms with van der Waals surface area (Å²) in [6.07, 6.45) is 0.0184. The molecule has 10 heteroatoms. The number of aliphatic imine (C=N–C) groups is 1. The van der Waals surface area contributed by atoms with Crippen molar-refractivity contribution in [1.29, 1.82) is 0 Å². The molecule has 3 aromatic carbocycles. The fourth-order valence-corrected chi connectivity index (χ4v) is 5.03. The number of nitrogens with zero attached hydrogens (tertiary/aromatic N) is 2. The monoisotopic (exact) mass is 561 g/mol. The van der Waals surface area contributed by atoms with Crippen molar-refractivity contribution in [1.82, 2.24) is 4.90 Å². The zero-order valence-electron chi connectivity index (χ0n) is 22.6. The van der Waals surface area contributed by atoms with Gasteiger partial charge in [0, 0.05) is 12.1 Å². The highest BCUT2D eigenvalue weighted by molar-refractivity contribution is 8.15. The molecule has 40 heavy (non-hydrogen) atoms. The van der Waals surface area contributed by atoms with Gasteiger partial charge in [0.15, 0.2) is 5.17 Å². The highest BCUT2D eigenvalue weighted by atomic mass is 32.2. The average Bonchev–Trinajstić information content (AvgIpc) is 2.96. The zero-order valence-corrected chi connectivity index (χ0v) is 23.4. The van der Waals surface area contributed by atoms with Crippen molar-refractivity contribution in [3.8, 4) is 11.5 Å². The van der Waals surface area contributed by atoms with Crippen LogP contribution >= 0.6 is 11.8 Å². The van der Waals surface area contributed by atoms with E-state index in [1.807, 2.05) is 31.2 Å². The molecule has 208 valence electrons. The van der Waals surface area contributed by atoms with Crippen LogP contribution in [0.4, 0.5) is 11.4 Å². The fourth-order valence-electron chi connectivity index (χ4n) is 3.93. The van der Waals surface area contributed by atoms with Gasteiger partial charge >= 0.3 is 5.97 Å². The van der Waals surface area contributed by atoms with Crippen molar-refractivity contribution < 1.29 is 28.6 Å². The lowest BCUT2D eigenvalue weighted by molar-refractivity contribution is -0.129. The van der Waals surface area contributed by atoms with Crippen LogP contribution in [0.5, 0.6) is 11.5 Å². The second-order valence-corrected chi connectivity index (χ2v) is 9.92. The molecule has 1 aliphatic heterocycles. The average molecular weight is 562 g/mol. The van der Waals surface area contributed by atoms with Crippen LogP contribution in [-0.2, 0) is 20.9 Å². The van der Waals surface area contributed by atoms with Gasteiger partial charge in [-0.3, -0.25) is 14.5 Å². The van der Waals surface area contributed by atoms with E-state index in [1.54, 1.807) is 67.5 Å². The van der Waals surface area contributed by atoms with Crippen molar-refractivity contribution in [3.63, 3.8) is 0 Å². The van der Waals surface area contributed by atoms with Crippen LogP contribution in [0.25, 0.3) is 0 Å². The molecular weight excluding hydrogens is 530 g/mol. The molecule has 1 atom stereocenters. The molecule has 0 unspecified atom stereocenters. The highest BCUT2D eigenvalue weighted by Gasteiger charge is 2.36. The number of hydrogen-bond donors (Lipinski definition) is 1. The van der Waals surface area contributed by atoms with Gasteiger partial charge in [-0.15, -0.1) is 0 Å². The lowest BCUT2D eigenvalue weighted by Crippen LogP contribution is -2.44. The van der Waals surface area contributed by atoms with Crippen LogP contribution in [-0.4, -0.2) is 53.4 Å². The van der Waals surface area contributed by atoms with E-state index in [4.69, 9.17) is 19.2 Å². The Morgan fingerprint density at radius 3 is 2.25 bits per heavy atom. The van der Waals surface area contributed by atoms with E-state index in [1.165, 1.54) is 11.8 Å². The van der Waals surface area contributed by atoms with E-state index in [-0.39, 0.29) is 31.4 Å². The molecule has 0 aromatic heterocycles. The molecule has 1 N–H and O–H groups in total. The number of anilines is 1. The smallest absolute Gasteiger partial charge is 0.338 e. The first-order valence-electron chi connectivity index (χ1n) is 12.9. The summed E-state index contributed by atoms with van der Waals surface area (Å²) in [6, 6.07) is 21.1. The maximum absolute atomic E-state index is 13.4. The van der Waals surface area contributed by atoms with Crippen molar-refractivity contribution in [2.75, 3.05) is 25.6 Å². The molecule has 0 radical (unpaired) electrons. The molecule has 9 nitrogen and oxygen atoms in total. The second kappa shape index (κ2) is 13.7. The predicted molar refractivity (Wildman–Crippen MR) is 155 cm³/mol. The summed E-state index contributed by atoms with van der Waals surface area (Å²) >= 11 is 1.22. The summed E-state index contributed by atoms with van der Waals surface area (Å²) in [6.45, 7) is 4.76. The van der Waals surface area contributed by atoms with Gasteiger partial charge in [-0.05, 0) is 80.1 Å². The Morgan fingerprint density at radius 1 is 0.950 bits per heavy atom. The van der Waals surface area contributed by atoms with Gasteiger partial charge in [0.1, 0.15) is 16.7 Å². The SMILES string of the molecule is CCOC(=O)c1ccc(N=C2S[C@H](C(=O)Nc3ccc(OCC)cc3)CC(=O)N2Cc2ccc(OC)cc2)cc1. The number of methoxy groups -OCH3 is 1. The first-order chi connectivity index (χ1) is 19.4. The normalized spacial score (nSPS) is 16.0. The minimum Gasteiger partial charge on any atom is -0.497 e. The third kappa shape index (κ3) is 7.41. The highest BCUT2D eigenvalue weighted by Crippen LogP contribution is 2.31. The van der Waals surface area contributed by atoms with Crippen LogP contribution in [0.15, 0.2) is 77.8 Å². The lowest BCUT2D eigenvalue weighted by atomic mass is 10.2. The van der Waals surface area contributed by atoms with Gasteiger partial charge in [0.25, 0.3) is 0 Å². The Hall–Kier alpha value is -4.31. The number of ether oxygens (including phenoxy) is 3. The van der Waals surface area contributed by atoms with E-state index < -0.39 is 11.2 Å². The van der Waals surface area contributed by atoms with Crippen LogP contribution in [0.2, 0.25) is 0 Å². The third-order valence-corrected chi connectivity index (χ3v) is 7.16. The van der Waals surface area contributed by atoms with Gasteiger partial charge in [-0.25, -0.2) is 9.79 Å². The van der Waals surface area contributed by atoms with Crippen LogP contribution in [0.1, 0.15) is 36.2 Å². The van der Waals surface area contributed by atoms with Crippen molar-refractivity contribution in [3.05, 3.63) is 83.9 Å². The number of esters is 1. The molecule has 1 aliphatic rings. The summed E-state index contributed by atoms with van der Waals surface area (Å²) in [5, 5.41) is 2.60.